The Balaban J connectivity index is 1.60. The highest BCUT2D eigenvalue weighted by atomic mass is 79.9. The molecule has 2 atom stereocenters. The van der Waals surface area contributed by atoms with Crippen molar-refractivity contribution in [1.82, 2.24) is 4.90 Å². The second-order valence-corrected chi connectivity index (χ2v) is 6.04. The number of hydrogen-bond acceptors (Lipinski definition) is 2. The van der Waals surface area contributed by atoms with Crippen LogP contribution in [0, 0.1) is 5.92 Å². The summed E-state index contributed by atoms with van der Waals surface area (Å²) in [5.74, 6) is 1.51. The lowest BCUT2D eigenvalue weighted by Gasteiger charge is -2.15. The minimum absolute atomic E-state index is 0.126. The Morgan fingerprint density at radius 2 is 2.05 bits per heavy atom. The van der Waals surface area contributed by atoms with E-state index in [0.717, 1.165) is 12.2 Å². The van der Waals surface area contributed by atoms with Crippen LogP contribution in [-0.4, -0.2) is 17.9 Å². The summed E-state index contributed by atoms with van der Waals surface area (Å²) in [5, 5.41) is 0. The predicted octanol–water partition coefficient (Wildman–Crippen LogP) is 3.80. The molecule has 0 aliphatic heterocycles. The van der Waals surface area contributed by atoms with E-state index in [2.05, 4.69) is 28.1 Å². The van der Waals surface area contributed by atoms with Crippen LogP contribution < -0.4 is 0 Å². The molecule has 1 aliphatic carbocycles. The maximum Gasteiger partial charge on any atom is 0.226 e. The summed E-state index contributed by atoms with van der Waals surface area (Å²) in [6.07, 6.45) is 0.953. The first kappa shape index (κ1) is 13.4. The van der Waals surface area contributed by atoms with Gasteiger partial charge in [-0.2, -0.15) is 0 Å². The summed E-state index contributed by atoms with van der Waals surface area (Å²) in [5.41, 5.74) is 1.26. The van der Waals surface area contributed by atoms with Crippen molar-refractivity contribution in [3.8, 4) is 0 Å². The van der Waals surface area contributed by atoms with Crippen LogP contribution in [0.2, 0.25) is 0 Å². The van der Waals surface area contributed by atoms with Crippen molar-refractivity contribution in [2.45, 2.75) is 18.9 Å². The Bertz CT molecular complexity index is 608. The Kier molecular flexibility index (Phi) is 3.66. The standard InChI is InChI=1S/C16H16BrNO2/c1-18(10-12-7-8-15(17)20-12)16(19)14-9-13(14)11-5-3-2-4-6-11/h2-8,13-14H,9-10H2,1H3/t13-,14+/m0/s1. The topological polar surface area (TPSA) is 33.5 Å². The molecule has 104 valence electrons. The van der Waals surface area contributed by atoms with Gasteiger partial charge in [0.1, 0.15) is 5.76 Å². The van der Waals surface area contributed by atoms with Crippen molar-refractivity contribution in [3.63, 3.8) is 0 Å². The highest BCUT2D eigenvalue weighted by Crippen LogP contribution is 2.48. The molecular formula is C16H16BrNO2. The zero-order chi connectivity index (χ0) is 14.1. The first-order valence-electron chi connectivity index (χ1n) is 6.69. The Morgan fingerprint density at radius 1 is 1.30 bits per heavy atom. The second kappa shape index (κ2) is 5.44. The van der Waals surface area contributed by atoms with Crippen molar-refractivity contribution in [3.05, 3.63) is 58.5 Å². The van der Waals surface area contributed by atoms with Crippen LogP contribution >= 0.6 is 15.9 Å². The van der Waals surface area contributed by atoms with Crippen molar-refractivity contribution >= 4 is 21.8 Å². The molecule has 1 aromatic carbocycles. The number of rotatable bonds is 4. The quantitative estimate of drug-likeness (QED) is 0.852. The molecule has 0 radical (unpaired) electrons. The molecule has 0 saturated heterocycles. The third-order valence-electron chi connectivity index (χ3n) is 3.73. The molecule has 3 nitrogen and oxygen atoms in total. The zero-order valence-electron chi connectivity index (χ0n) is 11.3. The van der Waals surface area contributed by atoms with E-state index in [1.165, 1.54) is 5.56 Å². The summed E-state index contributed by atoms with van der Waals surface area (Å²) in [4.78, 5) is 14.1. The molecule has 3 rings (SSSR count). The fraction of sp³-hybridized carbons (Fsp3) is 0.312. The molecule has 1 fully saturated rings. The fourth-order valence-electron chi connectivity index (χ4n) is 2.57. The lowest BCUT2D eigenvalue weighted by Crippen LogP contribution is -2.27. The largest absolute Gasteiger partial charge is 0.452 e. The number of furan rings is 1. The van der Waals surface area contributed by atoms with Gasteiger partial charge in [-0.05, 0) is 46.0 Å². The maximum atomic E-state index is 12.4. The number of carbonyl (C=O) groups is 1. The van der Waals surface area contributed by atoms with Gasteiger partial charge in [0, 0.05) is 13.0 Å². The number of amides is 1. The van der Waals surface area contributed by atoms with Crippen LogP contribution in [0.15, 0.2) is 51.6 Å². The molecule has 1 heterocycles. The molecule has 1 saturated carbocycles. The van der Waals surface area contributed by atoms with Crippen LogP contribution in [0.4, 0.5) is 0 Å². The fourth-order valence-corrected chi connectivity index (χ4v) is 2.91. The van der Waals surface area contributed by atoms with Gasteiger partial charge < -0.3 is 9.32 Å². The van der Waals surface area contributed by atoms with Crippen molar-refractivity contribution in [2.75, 3.05) is 7.05 Å². The van der Waals surface area contributed by atoms with E-state index in [4.69, 9.17) is 4.42 Å². The van der Waals surface area contributed by atoms with E-state index in [9.17, 15) is 4.79 Å². The zero-order valence-corrected chi connectivity index (χ0v) is 12.8. The van der Waals surface area contributed by atoms with Crippen LogP contribution in [0.25, 0.3) is 0 Å². The molecule has 0 spiro atoms. The Hall–Kier alpha value is -1.55. The van der Waals surface area contributed by atoms with Crippen LogP contribution in [0.3, 0.4) is 0 Å². The SMILES string of the molecule is CN(Cc1ccc(Br)o1)C(=O)[C@@H]1C[C@H]1c1ccccc1. The molecule has 1 aromatic heterocycles. The highest BCUT2D eigenvalue weighted by Gasteiger charge is 2.45. The molecule has 1 aliphatic rings. The number of carbonyl (C=O) groups excluding carboxylic acids is 1. The van der Waals surface area contributed by atoms with Gasteiger partial charge in [-0.15, -0.1) is 0 Å². The molecule has 2 aromatic rings. The second-order valence-electron chi connectivity index (χ2n) is 5.26. The minimum atomic E-state index is 0.126. The smallest absolute Gasteiger partial charge is 0.226 e. The van der Waals surface area contributed by atoms with Crippen molar-refractivity contribution < 1.29 is 9.21 Å². The van der Waals surface area contributed by atoms with Gasteiger partial charge >= 0.3 is 0 Å². The summed E-state index contributed by atoms with van der Waals surface area (Å²) >= 11 is 3.27. The first-order valence-corrected chi connectivity index (χ1v) is 7.48. The Labute approximate surface area is 126 Å². The number of nitrogens with zero attached hydrogens (tertiary/aromatic N) is 1. The number of benzene rings is 1. The maximum absolute atomic E-state index is 12.4. The summed E-state index contributed by atoms with van der Waals surface area (Å²) in [6, 6.07) is 14.0. The Morgan fingerprint density at radius 3 is 2.70 bits per heavy atom. The van der Waals surface area contributed by atoms with Gasteiger partial charge in [0.2, 0.25) is 5.91 Å². The van der Waals surface area contributed by atoms with E-state index in [0.29, 0.717) is 17.1 Å². The lowest BCUT2D eigenvalue weighted by atomic mass is 10.1. The third kappa shape index (κ3) is 2.80. The first-order chi connectivity index (χ1) is 9.65. The average Bonchev–Trinajstić information content (AvgIpc) is 3.16. The van der Waals surface area contributed by atoms with Gasteiger partial charge in [0.15, 0.2) is 4.67 Å². The predicted molar refractivity (Wildman–Crippen MR) is 80.2 cm³/mol. The van der Waals surface area contributed by atoms with Gasteiger partial charge in [-0.25, -0.2) is 0 Å². The lowest BCUT2D eigenvalue weighted by molar-refractivity contribution is -0.132. The van der Waals surface area contributed by atoms with Gasteiger partial charge in [0.25, 0.3) is 0 Å². The average molecular weight is 334 g/mol. The van der Waals surface area contributed by atoms with E-state index in [1.807, 2.05) is 37.4 Å². The molecule has 20 heavy (non-hydrogen) atoms. The summed E-state index contributed by atoms with van der Waals surface area (Å²) in [6.45, 7) is 0.516. The molecule has 0 unspecified atom stereocenters. The van der Waals surface area contributed by atoms with E-state index in [-0.39, 0.29) is 11.8 Å². The van der Waals surface area contributed by atoms with Crippen molar-refractivity contribution in [2.24, 2.45) is 5.92 Å². The summed E-state index contributed by atoms with van der Waals surface area (Å²) < 4.78 is 6.13. The molecule has 0 bridgehead atoms. The minimum Gasteiger partial charge on any atom is -0.452 e. The van der Waals surface area contributed by atoms with Gasteiger partial charge in [-0.1, -0.05) is 30.3 Å². The van der Waals surface area contributed by atoms with E-state index in [1.54, 1.807) is 4.90 Å². The molecule has 4 heteroatoms. The monoisotopic (exact) mass is 333 g/mol. The van der Waals surface area contributed by atoms with Crippen molar-refractivity contribution in [1.29, 1.82) is 0 Å². The van der Waals surface area contributed by atoms with E-state index < -0.39 is 0 Å². The van der Waals surface area contributed by atoms with Crippen LogP contribution in [0.5, 0.6) is 0 Å². The van der Waals surface area contributed by atoms with Gasteiger partial charge in [0.05, 0.1) is 6.54 Å². The summed E-state index contributed by atoms with van der Waals surface area (Å²) in [7, 11) is 1.83. The number of halogens is 1. The molecular weight excluding hydrogens is 318 g/mol. The molecule has 0 N–H and O–H groups in total. The third-order valence-corrected chi connectivity index (χ3v) is 4.16. The molecule has 1 amide bonds. The van der Waals surface area contributed by atoms with Crippen LogP contribution in [0.1, 0.15) is 23.7 Å². The highest BCUT2D eigenvalue weighted by molar-refractivity contribution is 9.10. The van der Waals surface area contributed by atoms with E-state index >= 15 is 0 Å². The van der Waals surface area contributed by atoms with Gasteiger partial charge in [-0.3, -0.25) is 4.79 Å². The normalized spacial score (nSPS) is 20.7. The number of hydrogen-bond donors (Lipinski definition) is 0. The van der Waals surface area contributed by atoms with Crippen LogP contribution in [-0.2, 0) is 11.3 Å².